The number of alkyl halides is 6. The lowest BCUT2D eigenvalue weighted by atomic mass is 9.54. The average Bonchev–Trinajstić information content (AvgIpc) is 3.07. The number of nitriles is 4. The zero-order chi connectivity index (χ0) is 39.7. The van der Waals surface area contributed by atoms with Crippen LogP contribution in [0.25, 0.3) is 0 Å². The average molecular weight is 735 g/mol. The lowest BCUT2D eigenvalue weighted by Gasteiger charge is -2.49. The lowest BCUT2D eigenvalue weighted by Crippen LogP contribution is -2.54. The summed E-state index contributed by atoms with van der Waals surface area (Å²) in [5.74, 6) is 0.934. The van der Waals surface area contributed by atoms with Gasteiger partial charge in [0.25, 0.3) is 25.0 Å². The Kier molecular flexibility index (Phi) is 12.6. The Labute approximate surface area is 302 Å². The molecule has 0 spiro atoms. The van der Waals surface area contributed by atoms with Crippen molar-refractivity contribution in [2.45, 2.75) is 57.8 Å². The van der Waals surface area contributed by atoms with Gasteiger partial charge in [-0.15, -0.1) is 21.0 Å². The van der Waals surface area contributed by atoms with E-state index in [9.17, 15) is 26.3 Å². The molecule has 4 rings (SSSR count). The maximum Gasteiger partial charge on any atom is 0.411 e. The van der Waals surface area contributed by atoms with Gasteiger partial charge in [0.1, 0.15) is 23.0 Å². The molecule has 14 heteroatoms. The van der Waals surface area contributed by atoms with Gasteiger partial charge in [-0.2, -0.15) is 26.3 Å². The molecular formula is C39H32F6N4O4. The van der Waals surface area contributed by atoms with E-state index in [1.807, 2.05) is 48.5 Å². The molecule has 0 aliphatic rings. The standard InChI is InChI=1S/C22H24N2O2.C17H8F6N2O2/c1-16(2)22(21(3,4)5,17-6-10-19(11-7-17)25-14-23)18-8-12-20(13-9-18)26-15-24;18-16(19,20)15(17(21,22)23,11-1-5-13(6-2-11)26-9-24)12-3-7-14(8-4-12)27-10-25/h6-13,16H,1-5H3;1-8H. The lowest BCUT2D eigenvalue weighted by molar-refractivity contribution is -0.288. The molecule has 53 heavy (non-hydrogen) atoms. The van der Waals surface area contributed by atoms with Crippen molar-refractivity contribution in [2.24, 2.45) is 11.3 Å². The number of rotatable bonds is 9. The molecule has 0 aliphatic heterocycles. The Balaban J connectivity index is 0.000000286. The van der Waals surface area contributed by atoms with Gasteiger partial charge in [0.2, 0.25) is 5.41 Å². The van der Waals surface area contributed by atoms with Crippen molar-refractivity contribution in [3.63, 3.8) is 0 Å². The molecule has 0 saturated heterocycles. The van der Waals surface area contributed by atoms with Crippen LogP contribution in [0.1, 0.15) is 56.9 Å². The fraction of sp³-hybridized carbons (Fsp3) is 0.282. The first-order valence-corrected chi connectivity index (χ1v) is 15.6. The van der Waals surface area contributed by atoms with Crippen molar-refractivity contribution in [1.82, 2.24) is 0 Å². The molecule has 0 heterocycles. The second-order valence-electron chi connectivity index (χ2n) is 12.8. The van der Waals surface area contributed by atoms with Crippen LogP contribution in [-0.2, 0) is 10.8 Å². The molecule has 0 fully saturated rings. The van der Waals surface area contributed by atoms with Crippen LogP contribution in [0.15, 0.2) is 97.1 Å². The first kappa shape index (κ1) is 41.0. The van der Waals surface area contributed by atoms with E-state index in [-0.39, 0.29) is 22.3 Å². The predicted octanol–water partition coefficient (Wildman–Crippen LogP) is 10.2. The van der Waals surface area contributed by atoms with Crippen molar-refractivity contribution in [3.05, 3.63) is 119 Å². The number of ether oxygens (including phenoxy) is 4. The Bertz CT molecular complexity index is 1860. The topological polar surface area (TPSA) is 132 Å². The highest BCUT2D eigenvalue weighted by Gasteiger charge is 2.72. The van der Waals surface area contributed by atoms with E-state index in [0.717, 1.165) is 35.4 Å². The van der Waals surface area contributed by atoms with E-state index in [4.69, 9.17) is 30.5 Å². The molecular weight excluding hydrogens is 702 g/mol. The summed E-state index contributed by atoms with van der Waals surface area (Å²) in [6.07, 6.45) is -5.55. The van der Waals surface area contributed by atoms with E-state index >= 15 is 0 Å². The molecule has 0 aliphatic carbocycles. The molecule has 274 valence electrons. The highest BCUT2D eigenvalue weighted by atomic mass is 19.4. The minimum Gasteiger partial charge on any atom is -0.388 e. The van der Waals surface area contributed by atoms with Gasteiger partial charge in [-0.1, -0.05) is 83.1 Å². The molecule has 4 aromatic rings. The van der Waals surface area contributed by atoms with Gasteiger partial charge < -0.3 is 18.9 Å². The highest BCUT2D eigenvalue weighted by Crippen LogP contribution is 2.56. The SMILES string of the molecule is CC(C)C(c1ccc(OC#N)cc1)(c1ccc(OC#N)cc1)C(C)(C)C.N#COc1ccc(C(c2ccc(OC#N)cc2)(C(F)(F)F)C(F)(F)F)cc1. The van der Waals surface area contributed by atoms with Crippen LogP contribution >= 0.6 is 0 Å². The van der Waals surface area contributed by atoms with E-state index in [1.165, 1.54) is 12.5 Å². The van der Waals surface area contributed by atoms with Gasteiger partial charge in [-0.3, -0.25) is 0 Å². The summed E-state index contributed by atoms with van der Waals surface area (Å²) in [5, 5.41) is 34.2. The Morgan fingerprint density at radius 3 is 0.830 bits per heavy atom. The fourth-order valence-corrected chi connectivity index (χ4v) is 6.88. The zero-order valence-electron chi connectivity index (χ0n) is 29.0. The third-order valence-electron chi connectivity index (χ3n) is 8.75. The Morgan fingerprint density at radius 1 is 0.434 bits per heavy atom. The molecule has 4 aromatic carbocycles. The second kappa shape index (κ2) is 16.3. The van der Waals surface area contributed by atoms with Gasteiger partial charge in [0.15, 0.2) is 0 Å². The summed E-state index contributed by atoms with van der Waals surface area (Å²) in [7, 11) is 0. The van der Waals surface area contributed by atoms with Crippen LogP contribution < -0.4 is 18.9 Å². The quantitative estimate of drug-likeness (QED) is 0.123. The minimum absolute atomic E-state index is 0.0869. The molecule has 0 atom stereocenters. The first-order chi connectivity index (χ1) is 24.8. The number of halogens is 6. The zero-order valence-corrected chi connectivity index (χ0v) is 29.0. The summed E-state index contributed by atoms with van der Waals surface area (Å²) in [5.41, 5.74) is -4.61. The van der Waals surface area contributed by atoms with Crippen LogP contribution in [-0.4, -0.2) is 12.4 Å². The van der Waals surface area contributed by atoms with E-state index in [2.05, 4.69) is 44.1 Å². The van der Waals surface area contributed by atoms with Crippen LogP contribution in [0, 0.1) is 57.4 Å². The van der Waals surface area contributed by atoms with Crippen molar-refractivity contribution in [3.8, 4) is 48.0 Å². The van der Waals surface area contributed by atoms with Gasteiger partial charge in [-0.05, 0) is 82.1 Å². The van der Waals surface area contributed by atoms with Gasteiger partial charge >= 0.3 is 12.4 Å². The third kappa shape index (κ3) is 8.24. The van der Waals surface area contributed by atoms with Crippen molar-refractivity contribution in [2.75, 3.05) is 0 Å². The molecule has 0 aromatic heterocycles. The van der Waals surface area contributed by atoms with Gasteiger partial charge in [0, 0.05) is 5.41 Å². The first-order valence-electron chi connectivity index (χ1n) is 15.6. The van der Waals surface area contributed by atoms with Crippen molar-refractivity contribution < 1.29 is 45.3 Å². The molecule has 0 saturated carbocycles. The molecule has 0 radical (unpaired) electrons. The summed E-state index contributed by atoms with van der Waals surface area (Å²) in [6, 6.07) is 21.1. The number of benzene rings is 4. The Hall–Kier alpha value is -6.38. The summed E-state index contributed by atoms with van der Waals surface area (Å²) < 4.78 is 102. The summed E-state index contributed by atoms with van der Waals surface area (Å²) in [4.78, 5) is 0. The molecule has 8 nitrogen and oxygen atoms in total. The minimum atomic E-state index is -5.75. The smallest absolute Gasteiger partial charge is 0.388 e. The van der Waals surface area contributed by atoms with E-state index in [1.54, 1.807) is 12.5 Å². The number of hydrogen-bond donors (Lipinski definition) is 0. The molecule has 0 N–H and O–H groups in total. The van der Waals surface area contributed by atoms with Crippen molar-refractivity contribution >= 4 is 0 Å². The molecule has 0 bridgehead atoms. The van der Waals surface area contributed by atoms with E-state index in [0.29, 0.717) is 41.7 Å². The predicted molar refractivity (Wildman–Crippen MR) is 179 cm³/mol. The summed E-state index contributed by atoms with van der Waals surface area (Å²) >= 11 is 0. The normalized spacial score (nSPS) is 11.8. The Morgan fingerprint density at radius 2 is 0.660 bits per heavy atom. The van der Waals surface area contributed by atoms with Crippen LogP contribution in [0.2, 0.25) is 0 Å². The fourth-order valence-electron chi connectivity index (χ4n) is 6.88. The van der Waals surface area contributed by atoms with Crippen LogP contribution in [0.3, 0.4) is 0 Å². The number of nitrogens with zero attached hydrogens (tertiary/aromatic N) is 4. The maximum atomic E-state index is 13.9. The van der Waals surface area contributed by atoms with Gasteiger partial charge in [0.05, 0.1) is 0 Å². The molecule has 0 amide bonds. The number of hydrogen-bond acceptors (Lipinski definition) is 8. The van der Waals surface area contributed by atoms with Gasteiger partial charge in [-0.25, -0.2) is 0 Å². The second-order valence-corrected chi connectivity index (χ2v) is 12.8. The highest BCUT2D eigenvalue weighted by molar-refractivity contribution is 5.48. The van der Waals surface area contributed by atoms with Crippen LogP contribution in [0.4, 0.5) is 26.3 Å². The van der Waals surface area contributed by atoms with E-state index < -0.39 is 28.9 Å². The third-order valence-corrected chi connectivity index (χ3v) is 8.75. The maximum absolute atomic E-state index is 13.9. The largest absolute Gasteiger partial charge is 0.411 e. The molecule has 0 unspecified atom stereocenters. The monoisotopic (exact) mass is 734 g/mol. The van der Waals surface area contributed by atoms with Crippen LogP contribution in [0.5, 0.6) is 23.0 Å². The summed E-state index contributed by atoms with van der Waals surface area (Å²) in [6.45, 7) is 11.1. The van der Waals surface area contributed by atoms with Crippen molar-refractivity contribution in [1.29, 1.82) is 21.0 Å².